The predicted octanol–water partition coefficient (Wildman–Crippen LogP) is 10.3. The number of hydrogen-bond acceptors (Lipinski definition) is 8. The summed E-state index contributed by atoms with van der Waals surface area (Å²) in [7, 11) is -8.19. The van der Waals surface area contributed by atoms with Gasteiger partial charge in [-0.2, -0.15) is 21.4 Å². The second-order valence-corrected chi connectivity index (χ2v) is 20.0. The lowest BCUT2D eigenvalue weighted by atomic mass is 10.1. The molecule has 1 aliphatic carbocycles. The topological polar surface area (TPSA) is 116 Å². The first-order valence-electron chi connectivity index (χ1n) is 18.3. The number of aryl methyl sites for hydroxylation is 1. The van der Waals surface area contributed by atoms with Crippen molar-refractivity contribution in [2.24, 2.45) is 0 Å². The highest BCUT2D eigenvalue weighted by Gasteiger charge is 2.28. The maximum absolute atomic E-state index is 11.7. The van der Waals surface area contributed by atoms with E-state index in [1.807, 2.05) is 42.5 Å². The summed E-state index contributed by atoms with van der Waals surface area (Å²) in [6, 6.07) is 35.2. The molecule has 0 radical (unpaired) electrons. The van der Waals surface area contributed by atoms with Gasteiger partial charge in [0.25, 0.3) is 25.2 Å². The van der Waals surface area contributed by atoms with Crippen molar-refractivity contribution in [3.63, 3.8) is 0 Å². The normalized spacial score (nSPS) is 16.5. The Morgan fingerprint density at radius 1 is 0.732 bits per heavy atom. The van der Waals surface area contributed by atoms with Crippen LogP contribution in [0.4, 0.5) is 5.69 Å². The maximum atomic E-state index is 11.7. The summed E-state index contributed by atoms with van der Waals surface area (Å²) >= 11 is 5.07. The molecule has 5 aromatic carbocycles. The summed E-state index contributed by atoms with van der Waals surface area (Å²) in [5.41, 5.74) is 4.51. The van der Waals surface area contributed by atoms with Crippen molar-refractivity contribution in [1.82, 2.24) is 0 Å². The summed E-state index contributed by atoms with van der Waals surface area (Å²) < 4.78 is 69.0. The number of allylic oxidation sites excluding steroid dienone is 5. The summed E-state index contributed by atoms with van der Waals surface area (Å²) in [6.45, 7) is 0.875. The Morgan fingerprint density at radius 2 is 1.41 bits per heavy atom. The molecule has 6 aromatic rings. The third kappa shape index (κ3) is 8.69. The van der Waals surface area contributed by atoms with Crippen molar-refractivity contribution in [3.05, 3.63) is 147 Å². The van der Waals surface area contributed by atoms with Gasteiger partial charge in [0.1, 0.15) is 4.70 Å². The number of anilines is 1. The molecule has 2 heterocycles. The number of hydrogen-bond donors (Lipinski definition) is 2. The number of benzene rings is 5. The number of rotatable bonds is 13. The van der Waals surface area contributed by atoms with E-state index in [4.69, 9.17) is 0 Å². The molecule has 286 valence electrons. The molecule has 0 saturated carbocycles. The van der Waals surface area contributed by atoms with E-state index in [2.05, 4.69) is 94.4 Å². The molecule has 0 saturated heterocycles. The van der Waals surface area contributed by atoms with Gasteiger partial charge in [-0.15, -0.1) is 0 Å². The largest absolute Gasteiger partial charge is 0.334 e. The standard InChI is InChI=1S/C43H38N2O6S5/c46-55(47,48)28-8-26-44-39(53-37-22-18-30-10-4-6-14-35(30)41(37)44)24-20-32-16-17-33(43(32)52-34-12-2-1-3-13-34)21-25-40-45(27-9-29-56(49,50)51)42-36-15-7-5-11-31(36)19-23-38(42)54-40/h1-7,10-15,18-25H,8-9,16-17,26-29H2,(H-,46,47,48,49,50,51)/p+1. The second kappa shape index (κ2) is 16.3. The van der Waals surface area contributed by atoms with Crippen molar-refractivity contribution in [1.29, 1.82) is 0 Å². The molecule has 56 heavy (non-hydrogen) atoms. The summed E-state index contributed by atoms with van der Waals surface area (Å²) in [6.07, 6.45) is 10.9. The zero-order valence-electron chi connectivity index (χ0n) is 30.2. The molecule has 0 unspecified atom stereocenters. The Balaban J connectivity index is 1.17. The van der Waals surface area contributed by atoms with Gasteiger partial charge in [-0.3, -0.25) is 9.11 Å². The van der Waals surface area contributed by atoms with Crippen LogP contribution >= 0.6 is 34.9 Å². The fourth-order valence-electron chi connectivity index (χ4n) is 7.35. The number of nitrogens with zero attached hydrogens (tertiary/aromatic N) is 2. The van der Waals surface area contributed by atoms with Gasteiger partial charge in [0.05, 0.1) is 27.6 Å². The Kier molecular flexibility index (Phi) is 11.3. The molecule has 0 atom stereocenters. The number of aromatic nitrogens is 1. The molecule has 2 N–H and O–H groups in total. The fourth-order valence-corrected chi connectivity index (χ4v) is 11.7. The van der Waals surface area contributed by atoms with Crippen LogP contribution < -0.4 is 9.47 Å². The zero-order chi connectivity index (χ0) is 38.9. The fraction of sp³-hybridized carbons (Fsp3) is 0.186. The van der Waals surface area contributed by atoms with Crippen LogP contribution in [-0.2, 0) is 26.8 Å². The monoisotopic (exact) mass is 839 g/mol. The molecule has 8 rings (SSSR count). The van der Waals surface area contributed by atoms with Gasteiger partial charge in [-0.1, -0.05) is 120 Å². The van der Waals surface area contributed by atoms with E-state index in [0.717, 1.165) is 70.1 Å². The minimum absolute atomic E-state index is 0.281. The average Bonchev–Trinajstić information content (AvgIpc) is 3.85. The first kappa shape index (κ1) is 38.7. The number of thiazole rings is 1. The van der Waals surface area contributed by atoms with Crippen molar-refractivity contribution >= 4 is 98.6 Å². The Labute approximate surface area is 339 Å². The van der Waals surface area contributed by atoms with Gasteiger partial charge < -0.3 is 4.90 Å². The van der Waals surface area contributed by atoms with Gasteiger partial charge in [-0.25, -0.2) is 0 Å². The minimum atomic E-state index is -4.09. The molecule has 1 aliphatic heterocycles. The first-order valence-corrected chi connectivity index (χ1v) is 23.9. The molecule has 13 heteroatoms. The molecule has 0 spiro atoms. The van der Waals surface area contributed by atoms with Gasteiger partial charge in [0.2, 0.25) is 5.52 Å². The zero-order valence-corrected chi connectivity index (χ0v) is 34.3. The lowest BCUT2D eigenvalue weighted by Gasteiger charge is -2.21. The smallest absolute Gasteiger partial charge is 0.265 e. The molecular formula is C43H39N2O6S5+. The minimum Gasteiger partial charge on any atom is -0.334 e. The van der Waals surface area contributed by atoms with E-state index >= 15 is 0 Å². The summed E-state index contributed by atoms with van der Waals surface area (Å²) in [5, 5.41) is 6.40. The lowest BCUT2D eigenvalue weighted by molar-refractivity contribution is -0.667. The third-order valence-corrected chi connectivity index (χ3v) is 14.9. The summed E-state index contributed by atoms with van der Waals surface area (Å²) in [5.74, 6) is -0.620. The van der Waals surface area contributed by atoms with Gasteiger partial charge >= 0.3 is 0 Å². The Bertz CT molecular complexity index is 2830. The van der Waals surface area contributed by atoms with E-state index in [-0.39, 0.29) is 24.3 Å². The van der Waals surface area contributed by atoms with E-state index in [1.165, 1.54) is 16.1 Å². The van der Waals surface area contributed by atoms with Crippen LogP contribution in [0.5, 0.6) is 0 Å². The molecule has 2 aliphatic rings. The number of thioether (sulfide) groups is 2. The molecule has 0 fully saturated rings. The van der Waals surface area contributed by atoms with Crippen LogP contribution in [0, 0.1) is 0 Å². The Hall–Kier alpha value is -4.21. The van der Waals surface area contributed by atoms with E-state index < -0.39 is 20.2 Å². The van der Waals surface area contributed by atoms with Crippen molar-refractivity contribution in [3.8, 4) is 0 Å². The second-order valence-electron chi connectivity index (χ2n) is 13.7. The molecule has 0 amide bonds. The van der Waals surface area contributed by atoms with Crippen LogP contribution in [0.2, 0.25) is 0 Å². The van der Waals surface area contributed by atoms with Crippen LogP contribution in [-0.4, -0.2) is 44.0 Å². The third-order valence-electron chi connectivity index (χ3n) is 9.86. The van der Waals surface area contributed by atoms with Crippen LogP contribution in [0.15, 0.2) is 152 Å². The van der Waals surface area contributed by atoms with Crippen molar-refractivity contribution < 1.29 is 30.5 Å². The van der Waals surface area contributed by atoms with Gasteiger partial charge in [0, 0.05) is 39.1 Å². The Morgan fingerprint density at radius 3 is 2.18 bits per heavy atom. The van der Waals surface area contributed by atoms with Crippen molar-refractivity contribution in [2.45, 2.75) is 42.0 Å². The van der Waals surface area contributed by atoms with Gasteiger partial charge in [0.15, 0.2) is 6.54 Å². The van der Waals surface area contributed by atoms with Crippen LogP contribution in [0.3, 0.4) is 0 Å². The predicted molar refractivity (Wildman–Crippen MR) is 233 cm³/mol. The maximum Gasteiger partial charge on any atom is 0.265 e. The molecular weight excluding hydrogens is 801 g/mol. The molecule has 1 aromatic heterocycles. The van der Waals surface area contributed by atoms with E-state index in [0.29, 0.717) is 13.1 Å². The SMILES string of the molecule is O=S(=O)(O)CCCN1C(=C/C=C2\CCC(C=Cc3sc4ccc5ccccc5c4[n+]3CCCS(=O)(=O)O)=C2Sc2ccccc2)Sc2ccc3ccccc3c21. The first-order chi connectivity index (χ1) is 27.0. The number of fused-ring (bicyclic) bond motifs is 6. The quantitative estimate of drug-likeness (QED) is 0.0866. The highest BCUT2D eigenvalue weighted by atomic mass is 32.2. The van der Waals surface area contributed by atoms with Crippen LogP contribution in [0.1, 0.15) is 30.7 Å². The van der Waals surface area contributed by atoms with Gasteiger partial charge in [-0.05, 0) is 77.6 Å². The highest BCUT2D eigenvalue weighted by Crippen LogP contribution is 2.50. The lowest BCUT2D eigenvalue weighted by Crippen LogP contribution is -2.36. The average molecular weight is 840 g/mol. The summed E-state index contributed by atoms with van der Waals surface area (Å²) in [4.78, 5) is 5.59. The molecule has 0 bridgehead atoms. The van der Waals surface area contributed by atoms with Crippen molar-refractivity contribution in [2.75, 3.05) is 23.0 Å². The molecule has 8 nitrogen and oxygen atoms in total. The highest BCUT2D eigenvalue weighted by molar-refractivity contribution is 8.04. The van der Waals surface area contributed by atoms with E-state index in [9.17, 15) is 25.9 Å². The van der Waals surface area contributed by atoms with E-state index in [1.54, 1.807) is 34.9 Å². The van der Waals surface area contributed by atoms with Crippen LogP contribution in [0.25, 0.3) is 37.8 Å².